The van der Waals surface area contributed by atoms with Crippen LogP contribution in [0, 0.1) is 0 Å². The van der Waals surface area contributed by atoms with Gasteiger partial charge in [0.2, 0.25) is 5.91 Å². The maximum Gasteiger partial charge on any atom is 0.334 e. The van der Waals surface area contributed by atoms with E-state index in [1.54, 1.807) is 0 Å². The second kappa shape index (κ2) is 13.0. The van der Waals surface area contributed by atoms with Gasteiger partial charge in [0, 0.05) is 11.6 Å². The van der Waals surface area contributed by atoms with Crippen molar-refractivity contribution in [2.45, 2.75) is 103 Å². The summed E-state index contributed by atoms with van der Waals surface area (Å²) in [7, 11) is 0. The molecule has 0 aliphatic heterocycles. The van der Waals surface area contributed by atoms with E-state index in [1.165, 1.54) is 51.0 Å². The Morgan fingerprint density at radius 3 is 2.12 bits per heavy atom. The number of hydrogen-bond donors (Lipinski definition) is 1. The van der Waals surface area contributed by atoms with Crippen LogP contribution in [-0.2, 0) is 14.3 Å². The number of amides is 1. The van der Waals surface area contributed by atoms with Gasteiger partial charge in [-0.05, 0) is 38.5 Å². The molecule has 1 fully saturated rings. The summed E-state index contributed by atoms with van der Waals surface area (Å²) >= 11 is 0. The highest BCUT2D eigenvalue weighted by Gasteiger charge is 2.20. The molecule has 1 saturated carbocycles. The molecule has 138 valence electrons. The third-order valence-electron chi connectivity index (χ3n) is 4.70. The van der Waals surface area contributed by atoms with Crippen molar-refractivity contribution < 1.29 is 14.3 Å². The molecule has 4 nitrogen and oxygen atoms in total. The lowest BCUT2D eigenvalue weighted by Crippen LogP contribution is -2.23. The number of carbonyl (C=O) groups is 2. The molecule has 1 aliphatic carbocycles. The zero-order chi connectivity index (χ0) is 17.6. The van der Waals surface area contributed by atoms with E-state index in [0.717, 1.165) is 38.5 Å². The number of primary amides is 1. The van der Waals surface area contributed by atoms with Gasteiger partial charge in [-0.1, -0.05) is 58.3 Å². The normalized spacial score (nSPS) is 16.1. The van der Waals surface area contributed by atoms with E-state index in [9.17, 15) is 9.59 Å². The Bertz CT molecular complexity index is 398. The third kappa shape index (κ3) is 9.74. The molecule has 2 N–H and O–H groups in total. The summed E-state index contributed by atoms with van der Waals surface area (Å²) in [6.45, 7) is 2.22. The first-order chi connectivity index (χ1) is 11.6. The smallest absolute Gasteiger partial charge is 0.334 e. The Balaban J connectivity index is 2.28. The number of nitrogens with two attached hydrogens (primary N) is 1. The number of rotatable bonds is 12. The Morgan fingerprint density at radius 1 is 0.958 bits per heavy atom. The highest BCUT2D eigenvalue weighted by Crippen LogP contribution is 2.22. The number of hydrogen-bond acceptors (Lipinski definition) is 3. The van der Waals surface area contributed by atoms with Gasteiger partial charge in [-0.2, -0.15) is 0 Å². The van der Waals surface area contributed by atoms with E-state index in [1.807, 2.05) is 0 Å². The number of unbranched alkanes of at least 4 members (excludes halogenated alkanes) is 7. The second-order valence-electron chi connectivity index (χ2n) is 6.96. The van der Waals surface area contributed by atoms with E-state index < -0.39 is 5.91 Å². The summed E-state index contributed by atoms with van der Waals surface area (Å²) in [5.74, 6) is -0.909. The standard InChI is InChI=1S/C20H35NO3/c1-2-3-4-5-6-7-8-10-13-17(16-19(21)22)20(23)24-18-14-11-9-12-15-18/h16,18H,2-15H2,1H3,(H2,21,22). The molecule has 0 aromatic carbocycles. The highest BCUT2D eigenvalue weighted by molar-refractivity contribution is 5.97. The summed E-state index contributed by atoms with van der Waals surface area (Å²) in [6, 6.07) is 0. The Hall–Kier alpha value is -1.32. The summed E-state index contributed by atoms with van der Waals surface area (Å²) in [6.07, 6.45) is 16.8. The summed E-state index contributed by atoms with van der Waals surface area (Å²) in [5.41, 5.74) is 5.68. The molecule has 1 rings (SSSR count). The fourth-order valence-electron chi connectivity index (χ4n) is 3.26. The van der Waals surface area contributed by atoms with Crippen LogP contribution in [0.25, 0.3) is 0 Å². The SMILES string of the molecule is CCCCCCCCCCC(=CC(N)=O)C(=O)OC1CCCCC1. The molecule has 0 radical (unpaired) electrons. The number of ether oxygens (including phenoxy) is 1. The fourth-order valence-corrected chi connectivity index (χ4v) is 3.26. The lowest BCUT2D eigenvalue weighted by Gasteiger charge is -2.22. The molecular weight excluding hydrogens is 302 g/mol. The molecular formula is C20H35NO3. The molecule has 1 aliphatic rings. The van der Waals surface area contributed by atoms with Crippen LogP contribution in [0.3, 0.4) is 0 Å². The molecule has 0 bridgehead atoms. The molecule has 0 saturated heterocycles. The van der Waals surface area contributed by atoms with Crippen LogP contribution in [0.5, 0.6) is 0 Å². The van der Waals surface area contributed by atoms with Crippen LogP contribution in [-0.4, -0.2) is 18.0 Å². The van der Waals surface area contributed by atoms with Crippen LogP contribution in [0.4, 0.5) is 0 Å². The predicted molar refractivity (Wildman–Crippen MR) is 97.5 cm³/mol. The van der Waals surface area contributed by atoms with Gasteiger partial charge in [0.05, 0.1) is 0 Å². The summed E-state index contributed by atoms with van der Waals surface area (Å²) < 4.78 is 5.56. The van der Waals surface area contributed by atoms with E-state index in [-0.39, 0.29) is 12.1 Å². The molecule has 0 spiro atoms. The summed E-state index contributed by atoms with van der Waals surface area (Å²) in [4.78, 5) is 23.5. The Morgan fingerprint density at radius 2 is 1.54 bits per heavy atom. The number of carbonyl (C=O) groups excluding carboxylic acids is 2. The zero-order valence-electron chi connectivity index (χ0n) is 15.4. The van der Waals surface area contributed by atoms with Gasteiger partial charge >= 0.3 is 5.97 Å². The lowest BCUT2D eigenvalue weighted by molar-refractivity contribution is -0.146. The maximum absolute atomic E-state index is 12.3. The molecule has 0 aromatic heterocycles. The van der Waals surface area contributed by atoms with Gasteiger partial charge in [-0.25, -0.2) is 4.79 Å². The van der Waals surface area contributed by atoms with E-state index in [0.29, 0.717) is 12.0 Å². The minimum Gasteiger partial charge on any atom is -0.459 e. The van der Waals surface area contributed by atoms with Gasteiger partial charge < -0.3 is 10.5 Å². The van der Waals surface area contributed by atoms with Crippen molar-refractivity contribution in [3.63, 3.8) is 0 Å². The number of esters is 1. The molecule has 24 heavy (non-hydrogen) atoms. The van der Waals surface area contributed by atoms with Crippen molar-refractivity contribution in [3.8, 4) is 0 Å². The minimum absolute atomic E-state index is 0.0149. The van der Waals surface area contributed by atoms with Gasteiger partial charge in [0.1, 0.15) is 6.10 Å². The van der Waals surface area contributed by atoms with Gasteiger partial charge in [0.15, 0.2) is 0 Å². The average molecular weight is 338 g/mol. The maximum atomic E-state index is 12.3. The third-order valence-corrected chi connectivity index (χ3v) is 4.70. The van der Waals surface area contributed by atoms with Crippen molar-refractivity contribution in [2.75, 3.05) is 0 Å². The highest BCUT2D eigenvalue weighted by atomic mass is 16.5. The first-order valence-corrected chi connectivity index (χ1v) is 9.84. The van der Waals surface area contributed by atoms with Crippen LogP contribution >= 0.6 is 0 Å². The van der Waals surface area contributed by atoms with Crippen LogP contribution in [0.2, 0.25) is 0 Å². The van der Waals surface area contributed by atoms with E-state index >= 15 is 0 Å². The average Bonchev–Trinajstić information content (AvgIpc) is 2.56. The van der Waals surface area contributed by atoms with Crippen molar-refractivity contribution in [1.82, 2.24) is 0 Å². The lowest BCUT2D eigenvalue weighted by atomic mass is 9.97. The monoisotopic (exact) mass is 337 g/mol. The van der Waals surface area contributed by atoms with Gasteiger partial charge in [-0.3, -0.25) is 4.79 Å². The van der Waals surface area contributed by atoms with Crippen molar-refractivity contribution in [2.24, 2.45) is 5.73 Å². The minimum atomic E-state index is -0.565. The van der Waals surface area contributed by atoms with E-state index in [2.05, 4.69) is 6.92 Å². The van der Waals surface area contributed by atoms with E-state index in [4.69, 9.17) is 10.5 Å². The summed E-state index contributed by atoms with van der Waals surface area (Å²) in [5, 5.41) is 0. The van der Waals surface area contributed by atoms with Crippen molar-refractivity contribution >= 4 is 11.9 Å². The topological polar surface area (TPSA) is 69.4 Å². The van der Waals surface area contributed by atoms with Crippen LogP contribution in [0.15, 0.2) is 11.6 Å². The first-order valence-electron chi connectivity index (χ1n) is 9.84. The molecule has 0 heterocycles. The molecule has 4 heteroatoms. The van der Waals surface area contributed by atoms with Gasteiger partial charge in [0.25, 0.3) is 0 Å². The quantitative estimate of drug-likeness (QED) is 0.316. The Kier molecular flexibility index (Phi) is 11.2. The molecule has 0 atom stereocenters. The zero-order valence-corrected chi connectivity index (χ0v) is 15.4. The van der Waals surface area contributed by atoms with Gasteiger partial charge in [-0.15, -0.1) is 0 Å². The first kappa shape index (κ1) is 20.7. The molecule has 0 unspecified atom stereocenters. The van der Waals surface area contributed by atoms with Crippen LogP contribution < -0.4 is 5.73 Å². The molecule has 1 amide bonds. The van der Waals surface area contributed by atoms with Crippen molar-refractivity contribution in [3.05, 3.63) is 11.6 Å². The second-order valence-corrected chi connectivity index (χ2v) is 6.96. The fraction of sp³-hybridized carbons (Fsp3) is 0.800. The largest absolute Gasteiger partial charge is 0.459 e. The predicted octanol–water partition coefficient (Wildman–Crippen LogP) is 4.80. The van der Waals surface area contributed by atoms with Crippen LogP contribution in [0.1, 0.15) is 96.8 Å². The van der Waals surface area contributed by atoms with Crippen molar-refractivity contribution in [1.29, 1.82) is 0 Å². The molecule has 0 aromatic rings. The Labute approximate surface area is 147 Å².